The first-order valence-electron chi connectivity index (χ1n) is 6.46. The second-order valence-corrected chi connectivity index (χ2v) is 7.62. The van der Waals surface area contributed by atoms with Gasteiger partial charge in [-0.15, -0.1) is 0 Å². The first-order valence-corrected chi connectivity index (χ1v) is 8.48. The molecule has 5 nitrogen and oxygen atoms in total. The van der Waals surface area contributed by atoms with Gasteiger partial charge in [0.2, 0.25) is 10.0 Å². The number of thiocarbonyl (C=S) groups is 1. The van der Waals surface area contributed by atoms with E-state index in [1.54, 1.807) is 18.5 Å². The van der Waals surface area contributed by atoms with Crippen molar-refractivity contribution in [3.63, 3.8) is 0 Å². The van der Waals surface area contributed by atoms with E-state index in [1.165, 1.54) is 4.31 Å². The van der Waals surface area contributed by atoms with Crippen molar-refractivity contribution in [3.8, 4) is 0 Å². The smallest absolute Gasteiger partial charge is 0.214 e. The minimum atomic E-state index is -3.33. The molecule has 0 radical (unpaired) electrons. The van der Waals surface area contributed by atoms with Crippen LogP contribution in [0, 0.1) is 5.92 Å². The molecule has 1 rings (SSSR count). The van der Waals surface area contributed by atoms with E-state index in [0.29, 0.717) is 24.5 Å². The van der Waals surface area contributed by atoms with E-state index in [1.807, 2.05) is 19.9 Å². The summed E-state index contributed by atoms with van der Waals surface area (Å²) < 4.78 is 26.2. The van der Waals surface area contributed by atoms with Gasteiger partial charge in [-0.25, -0.2) is 8.42 Å². The van der Waals surface area contributed by atoms with Crippen LogP contribution in [0.2, 0.25) is 0 Å². The molecule has 0 aromatic carbocycles. The van der Waals surface area contributed by atoms with Crippen molar-refractivity contribution in [1.29, 1.82) is 0 Å². The molecule has 20 heavy (non-hydrogen) atoms. The van der Waals surface area contributed by atoms with Gasteiger partial charge in [0.05, 0.1) is 10.7 Å². The summed E-state index contributed by atoms with van der Waals surface area (Å²) in [6, 6.07) is 3.64. The number of rotatable bonds is 8. The molecular weight excluding hydrogens is 294 g/mol. The van der Waals surface area contributed by atoms with Crippen LogP contribution in [0.5, 0.6) is 0 Å². The molecule has 0 aliphatic rings. The van der Waals surface area contributed by atoms with E-state index < -0.39 is 10.0 Å². The van der Waals surface area contributed by atoms with E-state index in [-0.39, 0.29) is 11.7 Å². The first kappa shape index (κ1) is 17.0. The Balaban J connectivity index is 2.87. The van der Waals surface area contributed by atoms with Gasteiger partial charge in [-0.1, -0.05) is 32.1 Å². The highest BCUT2D eigenvalue weighted by Gasteiger charge is 2.23. The zero-order valence-electron chi connectivity index (χ0n) is 11.8. The summed E-state index contributed by atoms with van der Waals surface area (Å²) in [6.45, 7) is 4.37. The normalized spacial score (nSPS) is 12.0. The van der Waals surface area contributed by atoms with Crippen molar-refractivity contribution >= 4 is 27.2 Å². The van der Waals surface area contributed by atoms with Gasteiger partial charge in [0.1, 0.15) is 0 Å². The summed E-state index contributed by atoms with van der Waals surface area (Å²) in [7, 11) is -3.33. The predicted octanol–water partition coefficient (Wildman–Crippen LogP) is 1.55. The molecular formula is C13H21N3O2S2. The van der Waals surface area contributed by atoms with Gasteiger partial charge >= 0.3 is 0 Å². The monoisotopic (exact) mass is 315 g/mol. The number of hydrogen-bond donors (Lipinski definition) is 1. The van der Waals surface area contributed by atoms with E-state index in [9.17, 15) is 8.42 Å². The number of pyridine rings is 1. The molecule has 0 aliphatic heterocycles. The lowest BCUT2D eigenvalue weighted by Gasteiger charge is -2.23. The molecule has 7 heteroatoms. The average Bonchev–Trinajstić information content (AvgIpc) is 2.33. The minimum Gasteiger partial charge on any atom is -0.393 e. The largest absolute Gasteiger partial charge is 0.393 e. The Labute approximate surface area is 126 Å². The van der Waals surface area contributed by atoms with Crippen LogP contribution in [-0.2, 0) is 16.6 Å². The second-order valence-electron chi connectivity index (χ2n) is 5.08. The number of hydrogen-bond acceptors (Lipinski definition) is 4. The van der Waals surface area contributed by atoms with E-state index in [0.717, 1.165) is 5.56 Å². The number of nitrogens with zero attached hydrogens (tertiary/aromatic N) is 2. The summed E-state index contributed by atoms with van der Waals surface area (Å²) in [5.74, 6) is 0.186. The van der Waals surface area contributed by atoms with Crippen LogP contribution in [0.1, 0.15) is 25.8 Å². The van der Waals surface area contributed by atoms with Gasteiger partial charge < -0.3 is 5.73 Å². The van der Waals surface area contributed by atoms with Crippen LogP contribution < -0.4 is 5.73 Å². The van der Waals surface area contributed by atoms with Crippen LogP contribution in [-0.4, -0.2) is 35.0 Å². The second kappa shape index (κ2) is 7.66. The highest BCUT2D eigenvalue weighted by atomic mass is 32.2. The van der Waals surface area contributed by atoms with Crippen LogP contribution in [0.3, 0.4) is 0 Å². The summed E-state index contributed by atoms with van der Waals surface area (Å²) in [6.07, 6.45) is 3.71. The van der Waals surface area contributed by atoms with Gasteiger partial charge in [-0.2, -0.15) is 4.31 Å². The molecule has 1 heterocycles. The highest BCUT2D eigenvalue weighted by Crippen LogP contribution is 2.12. The van der Waals surface area contributed by atoms with Crippen LogP contribution in [0.15, 0.2) is 24.5 Å². The van der Waals surface area contributed by atoms with E-state index in [2.05, 4.69) is 4.98 Å². The zero-order valence-corrected chi connectivity index (χ0v) is 13.5. The summed E-state index contributed by atoms with van der Waals surface area (Å²) in [5, 5.41) is 0. The molecule has 0 spiro atoms. The van der Waals surface area contributed by atoms with E-state index in [4.69, 9.17) is 18.0 Å². The standard InChI is InChI=1S/C13H21N3O2S2/c1-11(2)10-20(17,18)16(7-5-13(14)19)9-12-4-3-6-15-8-12/h3-4,6,8,11H,5,7,9-10H2,1-2H3,(H2,14,19). The maximum atomic E-state index is 12.4. The Morgan fingerprint density at radius 2 is 2.20 bits per heavy atom. The van der Waals surface area contributed by atoms with Gasteiger partial charge in [0.15, 0.2) is 0 Å². The molecule has 1 aromatic rings. The SMILES string of the molecule is CC(C)CS(=O)(=O)N(CCC(N)=S)Cc1cccnc1. The third-order valence-electron chi connectivity index (χ3n) is 2.63. The van der Waals surface area contributed by atoms with Crippen LogP contribution >= 0.6 is 12.2 Å². The third-order valence-corrected chi connectivity index (χ3v) is 5.02. The summed E-state index contributed by atoms with van der Waals surface area (Å²) >= 11 is 4.83. The Hall–Kier alpha value is -1.05. The average molecular weight is 315 g/mol. The van der Waals surface area contributed by atoms with Gasteiger partial charge in [0.25, 0.3) is 0 Å². The molecule has 112 valence electrons. The molecule has 0 saturated heterocycles. The fraction of sp³-hybridized carbons (Fsp3) is 0.538. The number of aromatic nitrogens is 1. The molecule has 0 saturated carbocycles. The van der Waals surface area contributed by atoms with Crippen molar-refractivity contribution in [2.45, 2.75) is 26.8 Å². The van der Waals surface area contributed by atoms with Crippen molar-refractivity contribution in [1.82, 2.24) is 9.29 Å². The van der Waals surface area contributed by atoms with Crippen molar-refractivity contribution in [3.05, 3.63) is 30.1 Å². The lowest BCUT2D eigenvalue weighted by Crippen LogP contribution is -2.36. The minimum absolute atomic E-state index is 0.0706. The van der Waals surface area contributed by atoms with Gasteiger partial charge in [-0.3, -0.25) is 4.98 Å². The molecule has 0 atom stereocenters. The molecule has 1 aromatic heterocycles. The highest BCUT2D eigenvalue weighted by molar-refractivity contribution is 7.89. The predicted molar refractivity (Wildman–Crippen MR) is 84.7 cm³/mol. The topological polar surface area (TPSA) is 76.3 Å². The Morgan fingerprint density at radius 3 is 2.70 bits per heavy atom. The zero-order chi connectivity index (χ0) is 15.2. The first-order chi connectivity index (χ1) is 9.31. The van der Waals surface area contributed by atoms with E-state index >= 15 is 0 Å². The van der Waals surface area contributed by atoms with Crippen LogP contribution in [0.25, 0.3) is 0 Å². The van der Waals surface area contributed by atoms with Gasteiger partial charge in [0, 0.05) is 31.9 Å². The lowest BCUT2D eigenvalue weighted by atomic mass is 10.3. The molecule has 0 unspecified atom stereocenters. The Morgan fingerprint density at radius 1 is 1.50 bits per heavy atom. The fourth-order valence-corrected chi connectivity index (χ4v) is 3.63. The Bertz CT molecular complexity index is 530. The van der Waals surface area contributed by atoms with Crippen molar-refractivity contribution in [2.24, 2.45) is 11.7 Å². The van der Waals surface area contributed by atoms with Gasteiger partial charge in [-0.05, 0) is 17.5 Å². The maximum Gasteiger partial charge on any atom is 0.214 e. The molecule has 0 aliphatic carbocycles. The van der Waals surface area contributed by atoms with Crippen molar-refractivity contribution in [2.75, 3.05) is 12.3 Å². The maximum absolute atomic E-state index is 12.4. The fourth-order valence-electron chi connectivity index (χ4n) is 1.77. The Kier molecular flexibility index (Phi) is 6.51. The third kappa shape index (κ3) is 5.94. The summed E-state index contributed by atoms with van der Waals surface area (Å²) in [4.78, 5) is 4.32. The van der Waals surface area contributed by atoms with Crippen molar-refractivity contribution < 1.29 is 8.42 Å². The molecule has 0 amide bonds. The molecule has 0 bridgehead atoms. The number of nitrogens with two attached hydrogens (primary N) is 1. The lowest BCUT2D eigenvalue weighted by molar-refractivity contribution is 0.411. The molecule has 0 fully saturated rings. The van der Waals surface area contributed by atoms with Crippen LogP contribution in [0.4, 0.5) is 0 Å². The summed E-state index contributed by atoms with van der Waals surface area (Å²) in [5.41, 5.74) is 6.33. The number of sulfonamides is 1. The molecule has 2 N–H and O–H groups in total. The quantitative estimate of drug-likeness (QED) is 0.737.